The number of nitrogens with zero attached hydrogens (tertiary/aromatic N) is 1. The van der Waals surface area contributed by atoms with Gasteiger partial charge in [0.15, 0.2) is 11.5 Å². The van der Waals surface area contributed by atoms with Crippen molar-refractivity contribution in [2.75, 3.05) is 20.0 Å². The van der Waals surface area contributed by atoms with Crippen molar-refractivity contribution in [1.82, 2.24) is 9.71 Å². The number of hydrogen-bond donors (Lipinski definition) is 3. The van der Waals surface area contributed by atoms with Crippen molar-refractivity contribution >= 4 is 15.8 Å². The van der Waals surface area contributed by atoms with Crippen LogP contribution in [-0.4, -0.2) is 55.4 Å². The maximum absolute atomic E-state index is 13.3. The van der Waals surface area contributed by atoms with Gasteiger partial charge in [-0.25, -0.2) is 13.1 Å². The summed E-state index contributed by atoms with van der Waals surface area (Å²) in [6.07, 6.45) is 1.74. The normalized spacial score (nSPS) is 15.8. The largest absolute Gasteiger partial charge is 0.454 e. The van der Waals surface area contributed by atoms with Crippen LogP contribution >= 0.6 is 0 Å². The summed E-state index contributed by atoms with van der Waals surface area (Å²) in [6.45, 7) is -0.843. The number of fused-ring (bicyclic) bond motifs is 1. The molecule has 9 nitrogen and oxygen atoms in total. The highest BCUT2D eigenvalue weighted by atomic mass is 32.2. The third-order valence-corrected chi connectivity index (χ3v) is 8.12. The fourth-order valence-electron chi connectivity index (χ4n) is 4.34. The van der Waals surface area contributed by atoms with Gasteiger partial charge in [-0.15, -0.1) is 0 Å². The van der Waals surface area contributed by atoms with E-state index in [0.29, 0.717) is 28.5 Å². The lowest BCUT2D eigenvalue weighted by atomic mass is 9.88. The summed E-state index contributed by atoms with van der Waals surface area (Å²) < 4.78 is 38.0. The van der Waals surface area contributed by atoms with Crippen molar-refractivity contribution in [3.05, 3.63) is 71.9 Å². The monoisotopic (exact) mass is 510 g/mol. The smallest absolute Gasteiger partial charge is 0.240 e. The number of Topliss-reactive ketones (excluding diaryl/α,β-unsaturated/α-hetero) is 1. The van der Waals surface area contributed by atoms with E-state index >= 15 is 0 Å². The number of hydrogen-bond acceptors (Lipinski definition) is 8. The molecule has 188 valence electrons. The summed E-state index contributed by atoms with van der Waals surface area (Å²) in [5.41, 5.74) is 2.36. The molecule has 5 rings (SSSR count). The lowest BCUT2D eigenvalue weighted by molar-refractivity contribution is -0.120. The third kappa shape index (κ3) is 4.72. The number of pyridine rings is 1. The minimum atomic E-state index is -3.90. The van der Waals surface area contributed by atoms with Gasteiger partial charge < -0.3 is 19.7 Å². The molecule has 2 heterocycles. The molecule has 36 heavy (non-hydrogen) atoms. The van der Waals surface area contributed by atoms with Crippen LogP contribution in [0.25, 0.3) is 11.3 Å². The number of sulfonamides is 1. The van der Waals surface area contributed by atoms with Crippen molar-refractivity contribution in [1.29, 1.82) is 0 Å². The molecule has 0 unspecified atom stereocenters. The van der Waals surface area contributed by atoms with Gasteiger partial charge in [0.05, 0.1) is 35.3 Å². The predicted octanol–water partition coefficient (Wildman–Crippen LogP) is 1.95. The maximum Gasteiger partial charge on any atom is 0.240 e. The van der Waals surface area contributed by atoms with Gasteiger partial charge in [-0.05, 0) is 54.8 Å². The van der Waals surface area contributed by atoms with E-state index in [1.54, 1.807) is 18.2 Å². The van der Waals surface area contributed by atoms with Crippen LogP contribution in [0.15, 0.2) is 65.6 Å². The molecule has 3 N–H and O–H groups in total. The average Bonchev–Trinajstić information content (AvgIpc) is 3.58. The Labute approximate surface area is 208 Å². The highest BCUT2D eigenvalue weighted by molar-refractivity contribution is 7.89. The Balaban J connectivity index is 1.31. The van der Waals surface area contributed by atoms with Crippen LogP contribution < -0.4 is 14.2 Å². The molecular weight excluding hydrogens is 484 g/mol. The number of carbonyl (C=O) groups excluding carboxylic acids is 1. The van der Waals surface area contributed by atoms with Gasteiger partial charge in [0.1, 0.15) is 5.78 Å². The quantitative estimate of drug-likeness (QED) is 0.377. The van der Waals surface area contributed by atoms with Crippen molar-refractivity contribution in [3.8, 4) is 22.8 Å². The van der Waals surface area contributed by atoms with Gasteiger partial charge in [0, 0.05) is 17.7 Å². The van der Waals surface area contributed by atoms with Gasteiger partial charge in [-0.1, -0.05) is 24.3 Å². The average molecular weight is 511 g/mol. The molecule has 2 aromatic carbocycles. The Kier molecular flexibility index (Phi) is 6.52. The van der Waals surface area contributed by atoms with Crippen LogP contribution in [0.4, 0.5) is 0 Å². The highest BCUT2D eigenvalue weighted by Crippen LogP contribution is 2.51. The number of aliphatic hydroxyl groups excluding tert-OH is 2. The molecule has 1 aliphatic carbocycles. The lowest BCUT2D eigenvalue weighted by Gasteiger charge is -2.15. The number of rotatable bonds is 10. The highest BCUT2D eigenvalue weighted by Gasteiger charge is 2.51. The molecule has 0 spiro atoms. The molecule has 0 atom stereocenters. The first-order valence-electron chi connectivity index (χ1n) is 11.6. The van der Waals surface area contributed by atoms with Crippen LogP contribution in [0.3, 0.4) is 0 Å². The topological polar surface area (TPSA) is 135 Å². The zero-order valence-electron chi connectivity index (χ0n) is 19.4. The standard InChI is InChI=1S/C26H26N2O7S/c29-14-20(15-30)28-36(32,33)21-7-4-17(5-8-21)22-3-1-2-19(27-22)13-25(31)26(10-11-26)18-6-9-23-24(12-18)35-16-34-23/h1-9,12,20,28-30H,10-11,13-16H2. The Morgan fingerprint density at radius 3 is 2.42 bits per heavy atom. The van der Waals surface area contributed by atoms with Crippen molar-refractivity contribution in [2.24, 2.45) is 0 Å². The SMILES string of the molecule is O=C(Cc1cccc(-c2ccc(S(=O)(=O)NC(CO)CO)cc2)n1)C1(c2ccc3c(c2)OCO3)CC1. The summed E-state index contributed by atoms with van der Waals surface area (Å²) >= 11 is 0. The Bertz CT molecular complexity index is 1380. The predicted molar refractivity (Wildman–Crippen MR) is 130 cm³/mol. The minimum Gasteiger partial charge on any atom is -0.454 e. The van der Waals surface area contributed by atoms with Crippen LogP contribution in [0, 0.1) is 0 Å². The van der Waals surface area contributed by atoms with E-state index in [-0.39, 0.29) is 23.9 Å². The van der Waals surface area contributed by atoms with Crippen molar-refractivity contribution < 1.29 is 32.9 Å². The second-order valence-corrected chi connectivity index (χ2v) is 10.7. The first-order valence-corrected chi connectivity index (χ1v) is 13.1. The molecule has 3 aromatic rings. The summed E-state index contributed by atoms with van der Waals surface area (Å²) in [6, 6.07) is 16.2. The first-order chi connectivity index (χ1) is 17.3. The lowest BCUT2D eigenvalue weighted by Crippen LogP contribution is -2.39. The van der Waals surface area contributed by atoms with E-state index in [9.17, 15) is 13.2 Å². The molecule has 2 aliphatic rings. The van der Waals surface area contributed by atoms with Gasteiger partial charge in [0.25, 0.3) is 0 Å². The van der Waals surface area contributed by atoms with Gasteiger partial charge in [-0.3, -0.25) is 9.78 Å². The number of benzene rings is 2. The second-order valence-electron chi connectivity index (χ2n) is 8.97. The van der Waals surface area contributed by atoms with E-state index in [0.717, 1.165) is 18.4 Å². The van der Waals surface area contributed by atoms with E-state index in [4.69, 9.17) is 19.7 Å². The van der Waals surface area contributed by atoms with Gasteiger partial charge in [-0.2, -0.15) is 0 Å². The maximum atomic E-state index is 13.3. The van der Waals surface area contributed by atoms with Crippen LogP contribution in [0.1, 0.15) is 24.1 Å². The molecule has 0 saturated heterocycles. The van der Waals surface area contributed by atoms with Gasteiger partial charge in [0.2, 0.25) is 16.8 Å². The van der Waals surface area contributed by atoms with Crippen molar-refractivity contribution in [2.45, 2.75) is 35.6 Å². The molecule has 1 saturated carbocycles. The first kappa shape index (κ1) is 24.4. The summed E-state index contributed by atoms with van der Waals surface area (Å²) in [4.78, 5) is 18.0. The van der Waals surface area contributed by atoms with E-state index < -0.39 is 34.7 Å². The molecule has 1 aliphatic heterocycles. The number of ether oxygens (including phenoxy) is 2. The second kappa shape index (κ2) is 9.62. The molecule has 1 fully saturated rings. The molecular formula is C26H26N2O7S. The molecule has 10 heteroatoms. The van der Waals surface area contributed by atoms with Crippen LogP contribution in [0.5, 0.6) is 11.5 Å². The minimum absolute atomic E-state index is 0.00360. The molecule has 0 radical (unpaired) electrons. The Hall–Kier alpha value is -3.31. The molecule has 1 aromatic heterocycles. The summed E-state index contributed by atoms with van der Waals surface area (Å²) in [5, 5.41) is 18.3. The fraction of sp³-hybridized carbons (Fsp3) is 0.308. The van der Waals surface area contributed by atoms with Crippen molar-refractivity contribution in [3.63, 3.8) is 0 Å². The Morgan fingerprint density at radius 1 is 1.00 bits per heavy atom. The summed E-state index contributed by atoms with van der Waals surface area (Å²) in [5.74, 6) is 1.45. The number of nitrogens with one attached hydrogen (secondary N) is 1. The fourth-order valence-corrected chi connectivity index (χ4v) is 5.56. The number of ketones is 1. The number of aromatic nitrogens is 1. The van der Waals surface area contributed by atoms with Gasteiger partial charge >= 0.3 is 0 Å². The Morgan fingerprint density at radius 2 is 1.72 bits per heavy atom. The third-order valence-electron chi connectivity index (χ3n) is 6.58. The van der Waals surface area contributed by atoms with E-state index in [1.165, 1.54) is 12.1 Å². The van der Waals surface area contributed by atoms with E-state index in [1.807, 2.05) is 30.3 Å². The molecule has 0 bridgehead atoms. The zero-order chi connectivity index (χ0) is 25.3. The van der Waals surface area contributed by atoms with E-state index in [2.05, 4.69) is 9.71 Å². The number of aliphatic hydroxyl groups is 2. The molecule has 0 amide bonds. The van der Waals surface area contributed by atoms with Crippen LogP contribution in [0.2, 0.25) is 0 Å². The zero-order valence-corrected chi connectivity index (χ0v) is 20.2. The number of carbonyl (C=O) groups is 1. The van der Waals surface area contributed by atoms with Crippen LogP contribution in [-0.2, 0) is 26.7 Å². The summed E-state index contributed by atoms with van der Waals surface area (Å²) in [7, 11) is -3.90.